The molecule has 1 heterocycles. The number of imide groups is 1. The first-order valence-corrected chi connectivity index (χ1v) is 6.28. The van der Waals surface area contributed by atoms with Crippen molar-refractivity contribution in [1.29, 1.82) is 0 Å². The van der Waals surface area contributed by atoms with E-state index in [0.29, 0.717) is 12.2 Å². The first-order valence-electron chi connectivity index (χ1n) is 6.28. The zero-order valence-electron chi connectivity index (χ0n) is 10.9. The average Bonchev–Trinajstić information content (AvgIpc) is 2.76. The van der Waals surface area contributed by atoms with Crippen molar-refractivity contribution in [3.05, 3.63) is 29.8 Å². The quantitative estimate of drug-likeness (QED) is 0.660. The molecule has 1 aliphatic heterocycles. The molecule has 4 amide bonds. The van der Waals surface area contributed by atoms with Gasteiger partial charge in [-0.25, -0.2) is 4.79 Å². The van der Waals surface area contributed by atoms with E-state index >= 15 is 0 Å². The molecule has 1 aromatic carbocycles. The maximum Gasteiger partial charge on any atom is 0.324 e. The van der Waals surface area contributed by atoms with Crippen LogP contribution in [0.15, 0.2) is 24.3 Å². The predicted molar refractivity (Wildman–Crippen MR) is 72.7 cm³/mol. The summed E-state index contributed by atoms with van der Waals surface area (Å²) in [5.74, 6) is -0.580. The lowest BCUT2D eigenvalue weighted by molar-refractivity contribution is -0.125. The number of rotatable bonds is 5. The van der Waals surface area contributed by atoms with Gasteiger partial charge in [0.2, 0.25) is 11.8 Å². The van der Waals surface area contributed by atoms with Crippen molar-refractivity contribution in [3.8, 4) is 0 Å². The Morgan fingerprint density at radius 3 is 2.75 bits per heavy atom. The summed E-state index contributed by atoms with van der Waals surface area (Å²) < 4.78 is 0. The smallest absolute Gasteiger partial charge is 0.324 e. The van der Waals surface area contributed by atoms with E-state index in [2.05, 4.69) is 10.6 Å². The van der Waals surface area contributed by atoms with E-state index in [1.807, 2.05) is 12.1 Å². The van der Waals surface area contributed by atoms with Gasteiger partial charge in [0.15, 0.2) is 0 Å². The maximum absolute atomic E-state index is 11.8. The molecule has 0 unspecified atom stereocenters. The average molecular weight is 276 g/mol. The van der Waals surface area contributed by atoms with Crippen LogP contribution in [0.1, 0.15) is 12.0 Å². The van der Waals surface area contributed by atoms with Crippen LogP contribution in [0.4, 0.5) is 10.5 Å². The Kier molecular flexibility index (Phi) is 4.31. The number of carbonyl (C=O) groups is 3. The predicted octanol–water partition coefficient (Wildman–Crippen LogP) is 0.0257. The number of carbonyl (C=O) groups excluding carboxylic acids is 3. The number of hydrogen-bond acceptors (Lipinski definition) is 4. The maximum atomic E-state index is 11.8. The van der Waals surface area contributed by atoms with Crippen molar-refractivity contribution in [2.75, 3.05) is 18.4 Å². The molecule has 1 fully saturated rings. The summed E-state index contributed by atoms with van der Waals surface area (Å²) in [6.07, 6.45) is 0.0536. The van der Waals surface area contributed by atoms with Crippen LogP contribution >= 0.6 is 0 Å². The number of nitrogens with two attached hydrogens (primary N) is 1. The Hall–Kier alpha value is -2.41. The first-order chi connectivity index (χ1) is 9.61. The highest BCUT2D eigenvalue weighted by atomic mass is 16.2. The summed E-state index contributed by atoms with van der Waals surface area (Å²) in [5.41, 5.74) is 7.06. The molecule has 0 aromatic heterocycles. The molecule has 1 aromatic rings. The Labute approximate surface area is 116 Å². The number of amides is 4. The molecular weight excluding hydrogens is 260 g/mol. The molecule has 106 valence electrons. The van der Waals surface area contributed by atoms with Gasteiger partial charge in [-0.2, -0.15) is 0 Å². The fraction of sp³-hybridized carbons (Fsp3) is 0.308. The fourth-order valence-electron chi connectivity index (χ4n) is 1.93. The minimum Gasteiger partial charge on any atom is -0.329 e. The number of nitrogens with zero attached hydrogens (tertiary/aromatic N) is 1. The fourth-order valence-corrected chi connectivity index (χ4v) is 1.93. The van der Waals surface area contributed by atoms with Crippen LogP contribution in [-0.2, 0) is 16.1 Å². The van der Waals surface area contributed by atoms with Gasteiger partial charge in [0, 0.05) is 25.2 Å². The molecule has 7 nitrogen and oxygen atoms in total. The van der Waals surface area contributed by atoms with Crippen LogP contribution in [0, 0.1) is 0 Å². The molecular formula is C13H16N4O3. The highest BCUT2D eigenvalue weighted by molar-refractivity contribution is 6.02. The summed E-state index contributed by atoms with van der Waals surface area (Å²) in [5, 5.41) is 5.13. The molecule has 0 saturated carbocycles. The number of para-hydroxylation sites is 1. The molecule has 20 heavy (non-hydrogen) atoms. The van der Waals surface area contributed by atoms with Crippen LogP contribution in [0.2, 0.25) is 0 Å². The second kappa shape index (κ2) is 6.16. The first kappa shape index (κ1) is 14.0. The van der Waals surface area contributed by atoms with Gasteiger partial charge in [-0.1, -0.05) is 18.2 Å². The minimum absolute atomic E-state index is 0.00351. The second-order valence-electron chi connectivity index (χ2n) is 4.36. The van der Waals surface area contributed by atoms with E-state index in [1.165, 1.54) is 0 Å². The van der Waals surface area contributed by atoms with E-state index in [0.717, 1.165) is 10.5 Å². The molecule has 0 aliphatic carbocycles. The summed E-state index contributed by atoms with van der Waals surface area (Å²) in [6.45, 7) is 0.390. The van der Waals surface area contributed by atoms with Crippen molar-refractivity contribution in [3.63, 3.8) is 0 Å². The monoisotopic (exact) mass is 276 g/mol. The lowest BCUT2D eigenvalue weighted by Gasteiger charge is -2.13. The largest absolute Gasteiger partial charge is 0.329 e. The molecule has 1 aliphatic rings. The van der Waals surface area contributed by atoms with Crippen molar-refractivity contribution in [2.24, 2.45) is 5.73 Å². The zero-order chi connectivity index (χ0) is 14.5. The molecule has 0 radical (unpaired) electrons. The van der Waals surface area contributed by atoms with Crippen LogP contribution in [0.25, 0.3) is 0 Å². The summed E-state index contributed by atoms with van der Waals surface area (Å²) in [4.78, 5) is 35.5. The lowest BCUT2D eigenvalue weighted by Crippen LogP contribution is -2.33. The second-order valence-corrected chi connectivity index (χ2v) is 4.36. The Morgan fingerprint density at radius 2 is 2.10 bits per heavy atom. The van der Waals surface area contributed by atoms with Gasteiger partial charge in [-0.05, 0) is 11.6 Å². The third kappa shape index (κ3) is 3.12. The zero-order valence-corrected chi connectivity index (χ0v) is 10.9. The number of urea groups is 1. The van der Waals surface area contributed by atoms with Crippen LogP contribution < -0.4 is 16.4 Å². The number of hydrogen-bond donors (Lipinski definition) is 3. The van der Waals surface area contributed by atoms with Crippen LogP contribution in [0.5, 0.6) is 0 Å². The summed E-state index contributed by atoms with van der Waals surface area (Å²) in [7, 11) is 0. The van der Waals surface area contributed by atoms with Crippen LogP contribution in [-0.4, -0.2) is 35.8 Å². The molecule has 1 saturated heterocycles. The van der Waals surface area contributed by atoms with E-state index in [9.17, 15) is 14.4 Å². The van der Waals surface area contributed by atoms with Gasteiger partial charge in [0.1, 0.15) is 0 Å². The molecule has 0 bridgehead atoms. The summed E-state index contributed by atoms with van der Waals surface area (Å²) in [6, 6.07) is 6.77. The molecule has 2 rings (SSSR count). The van der Waals surface area contributed by atoms with Gasteiger partial charge in [0.05, 0.1) is 6.54 Å². The lowest BCUT2D eigenvalue weighted by atomic mass is 10.1. The topological polar surface area (TPSA) is 105 Å². The van der Waals surface area contributed by atoms with E-state index in [-0.39, 0.29) is 31.3 Å². The Balaban J connectivity index is 1.89. The van der Waals surface area contributed by atoms with Crippen molar-refractivity contribution in [1.82, 2.24) is 10.2 Å². The van der Waals surface area contributed by atoms with Gasteiger partial charge < -0.3 is 16.4 Å². The van der Waals surface area contributed by atoms with Gasteiger partial charge in [0.25, 0.3) is 0 Å². The molecule has 4 N–H and O–H groups in total. The summed E-state index contributed by atoms with van der Waals surface area (Å²) >= 11 is 0. The standard InChI is InChI=1S/C13H16N4O3/c14-7-9-3-1-2-4-10(9)16-11(18)5-6-17-12(19)8-15-13(17)20/h1-4H,5-8,14H2,(H,15,20)(H,16,18). The van der Waals surface area contributed by atoms with E-state index < -0.39 is 6.03 Å². The van der Waals surface area contributed by atoms with Gasteiger partial charge in [-0.3, -0.25) is 14.5 Å². The van der Waals surface area contributed by atoms with Crippen molar-refractivity contribution < 1.29 is 14.4 Å². The van der Waals surface area contributed by atoms with Crippen molar-refractivity contribution >= 4 is 23.5 Å². The van der Waals surface area contributed by atoms with Crippen molar-refractivity contribution in [2.45, 2.75) is 13.0 Å². The normalized spacial score (nSPS) is 14.3. The number of anilines is 1. The Bertz CT molecular complexity index is 528. The highest BCUT2D eigenvalue weighted by Crippen LogP contribution is 2.14. The van der Waals surface area contributed by atoms with E-state index in [4.69, 9.17) is 5.73 Å². The third-order valence-electron chi connectivity index (χ3n) is 3.01. The Morgan fingerprint density at radius 1 is 1.35 bits per heavy atom. The highest BCUT2D eigenvalue weighted by Gasteiger charge is 2.28. The van der Waals surface area contributed by atoms with Crippen LogP contribution in [0.3, 0.4) is 0 Å². The van der Waals surface area contributed by atoms with E-state index in [1.54, 1.807) is 12.1 Å². The number of benzene rings is 1. The molecule has 0 atom stereocenters. The molecule has 7 heteroatoms. The van der Waals surface area contributed by atoms with Gasteiger partial charge >= 0.3 is 6.03 Å². The number of nitrogens with one attached hydrogen (secondary N) is 2. The third-order valence-corrected chi connectivity index (χ3v) is 3.01. The minimum atomic E-state index is -0.454. The molecule has 0 spiro atoms. The van der Waals surface area contributed by atoms with Gasteiger partial charge in [-0.15, -0.1) is 0 Å². The SMILES string of the molecule is NCc1ccccc1NC(=O)CCN1C(=O)CNC1=O.